The van der Waals surface area contributed by atoms with Crippen LogP contribution in [0, 0.1) is 11.3 Å². The van der Waals surface area contributed by atoms with Gasteiger partial charge in [-0.2, -0.15) is 5.26 Å². The molecule has 0 saturated carbocycles. The number of rotatable bonds is 7. The van der Waals surface area contributed by atoms with Crippen molar-refractivity contribution >= 4 is 35.0 Å². The van der Waals surface area contributed by atoms with Gasteiger partial charge in [-0.3, -0.25) is 0 Å². The van der Waals surface area contributed by atoms with Crippen LogP contribution in [0.1, 0.15) is 30.0 Å². The molecule has 6 heteroatoms. The molecule has 2 aromatic carbocycles. The van der Waals surface area contributed by atoms with Crippen LogP contribution in [0.4, 0.5) is 0 Å². The van der Waals surface area contributed by atoms with E-state index in [0.717, 1.165) is 11.1 Å². The molecule has 0 amide bonds. The third-order valence-corrected chi connectivity index (χ3v) is 4.26. The van der Waals surface area contributed by atoms with E-state index in [2.05, 4.69) is 16.5 Å². The summed E-state index contributed by atoms with van der Waals surface area (Å²) < 4.78 is 0. The van der Waals surface area contributed by atoms with Crippen LogP contribution in [-0.2, 0) is 11.4 Å². The highest BCUT2D eigenvalue weighted by Crippen LogP contribution is 2.14. The van der Waals surface area contributed by atoms with Crippen LogP contribution < -0.4 is 5.32 Å². The highest BCUT2D eigenvalue weighted by atomic mass is 35.5. The first-order chi connectivity index (χ1) is 12.1. The van der Waals surface area contributed by atoms with E-state index in [1.165, 1.54) is 0 Å². The van der Waals surface area contributed by atoms with Gasteiger partial charge in [0.2, 0.25) is 0 Å². The Morgan fingerprint density at radius 3 is 2.88 bits per heavy atom. The van der Waals surface area contributed by atoms with Crippen molar-refractivity contribution < 1.29 is 4.84 Å². The zero-order valence-electron chi connectivity index (χ0n) is 13.8. The number of nitriles is 1. The lowest BCUT2D eigenvalue weighted by Gasteiger charge is -2.16. The molecule has 0 aliphatic heterocycles. The van der Waals surface area contributed by atoms with Gasteiger partial charge in [-0.05, 0) is 35.7 Å². The van der Waals surface area contributed by atoms with Gasteiger partial charge in [0.15, 0.2) is 6.10 Å². The molecule has 0 bridgehead atoms. The lowest BCUT2D eigenvalue weighted by Crippen LogP contribution is -2.33. The van der Waals surface area contributed by atoms with Gasteiger partial charge in [0.25, 0.3) is 0 Å². The molecule has 0 aromatic heterocycles. The third-order valence-electron chi connectivity index (χ3n) is 3.48. The van der Waals surface area contributed by atoms with Crippen molar-refractivity contribution in [2.24, 2.45) is 5.16 Å². The number of nitrogens with one attached hydrogen (secondary N) is 1. The Balaban J connectivity index is 1.90. The van der Waals surface area contributed by atoms with E-state index >= 15 is 0 Å². The normalized spacial score (nSPS) is 11.7. The van der Waals surface area contributed by atoms with Crippen LogP contribution in [0.25, 0.3) is 0 Å². The average Bonchev–Trinajstić information content (AvgIpc) is 2.64. The van der Waals surface area contributed by atoms with Crippen molar-refractivity contribution in [2.45, 2.75) is 26.0 Å². The number of benzene rings is 2. The smallest absolute Gasteiger partial charge is 0.176 e. The van der Waals surface area contributed by atoms with E-state index in [1.807, 2.05) is 37.3 Å². The van der Waals surface area contributed by atoms with E-state index in [1.54, 1.807) is 24.4 Å². The Morgan fingerprint density at radius 1 is 1.36 bits per heavy atom. The minimum Gasteiger partial charge on any atom is -0.385 e. The minimum absolute atomic E-state index is 0.326. The van der Waals surface area contributed by atoms with Gasteiger partial charge < -0.3 is 10.2 Å². The van der Waals surface area contributed by atoms with Crippen LogP contribution in [0.3, 0.4) is 0 Å². The molecule has 0 radical (unpaired) electrons. The maximum atomic E-state index is 8.90. The summed E-state index contributed by atoms with van der Waals surface area (Å²) in [7, 11) is 0. The quantitative estimate of drug-likeness (QED) is 0.443. The van der Waals surface area contributed by atoms with Crippen molar-refractivity contribution in [1.82, 2.24) is 5.32 Å². The number of hydrogen-bond donors (Lipinski definition) is 1. The molecule has 1 atom stereocenters. The fourth-order valence-electron chi connectivity index (χ4n) is 2.10. The van der Waals surface area contributed by atoms with Crippen molar-refractivity contribution in [2.75, 3.05) is 0 Å². The Labute approximate surface area is 158 Å². The van der Waals surface area contributed by atoms with E-state index < -0.39 is 0 Å². The summed E-state index contributed by atoms with van der Waals surface area (Å²) in [6, 6.07) is 16.8. The summed E-state index contributed by atoms with van der Waals surface area (Å²) in [6.45, 7) is 2.51. The third kappa shape index (κ3) is 5.86. The Morgan fingerprint density at radius 2 is 2.16 bits per heavy atom. The summed E-state index contributed by atoms with van der Waals surface area (Å²) in [5.41, 5.74) is 2.34. The van der Waals surface area contributed by atoms with Gasteiger partial charge in [0.1, 0.15) is 4.99 Å². The van der Waals surface area contributed by atoms with E-state index in [0.29, 0.717) is 28.5 Å². The fourth-order valence-corrected chi connectivity index (χ4v) is 2.58. The molecule has 0 aliphatic rings. The van der Waals surface area contributed by atoms with Crippen LogP contribution in [-0.4, -0.2) is 17.3 Å². The fraction of sp³-hybridized carbons (Fsp3) is 0.211. The van der Waals surface area contributed by atoms with Crippen LogP contribution >= 0.6 is 23.8 Å². The van der Waals surface area contributed by atoms with E-state index in [4.69, 9.17) is 33.9 Å². The lowest BCUT2D eigenvalue weighted by molar-refractivity contribution is 0.104. The van der Waals surface area contributed by atoms with Gasteiger partial charge in [-0.1, -0.05) is 66.2 Å². The van der Waals surface area contributed by atoms with Crippen molar-refractivity contribution in [3.05, 3.63) is 70.2 Å². The molecule has 1 N–H and O–H groups in total. The predicted octanol–water partition coefficient (Wildman–Crippen LogP) is 4.46. The molecule has 2 aromatic rings. The zero-order valence-corrected chi connectivity index (χ0v) is 15.3. The van der Waals surface area contributed by atoms with Gasteiger partial charge in [-0.25, -0.2) is 0 Å². The van der Waals surface area contributed by atoms with Crippen LogP contribution in [0.2, 0.25) is 5.02 Å². The first kappa shape index (κ1) is 18.9. The second-order valence-electron chi connectivity index (χ2n) is 5.28. The molecule has 0 heterocycles. The standard InChI is InChI=1S/C19H18ClN3OS/c1-2-18(19(25)22-13-16-8-3-4-9-17(16)20)24-23-12-15-7-5-6-14(10-15)11-21/h3-10,12,18H,2,13H2,1H3,(H,22,25). The molecule has 4 nitrogen and oxygen atoms in total. The topological polar surface area (TPSA) is 57.4 Å². The number of thiocarbonyl (C=S) groups is 1. The summed E-state index contributed by atoms with van der Waals surface area (Å²) >= 11 is 11.5. The Hall–Kier alpha value is -2.42. The molecular formula is C19H18ClN3OS. The highest BCUT2D eigenvalue weighted by Gasteiger charge is 2.13. The zero-order chi connectivity index (χ0) is 18.1. The Kier molecular flexibility index (Phi) is 7.39. The summed E-state index contributed by atoms with van der Waals surface area (Å²) in [5.74, 6) is 0. The summed E-state index contributed by atoms with van der Waals surface area (Å²) in [5, 5.41) is 16.8. The van der Waals surface area contributed by atoms with Gasteiger partial charge in [0, 0.05) is 11.6 Å². The summed E-state index contributed by atoms with van der Waals surface area (Å²) in [6.07, 6.45) is 1.93. The molecule has 1 unspecified atom stereocenters. The van der Waals surface area contributed by atoms with Gasteiger partial charge in [0.05, 0.1) is 17.8 Å². The SMILES string of the molecule is CCC(ON=Cc1cccc(C#N)c1)C(=S)NCc1ccccc1Cl. The van der Waals surface area contributed by atoms with Crippen molar-refractivity contribution in [1.29, 1.82) is 5.26 Å². The van der Waals surface area contributed by atoms with E-state index in [-0.39, 0.29) is 6.10 Å². The van der Waals surface area contributed by atoms with Crippen molar-refractivity contribution in [3.8, 4) is 6.07 Å². The molecule has 0 aliphatic carbocycles. The Bertz CT molecular complexity index is 801. The largest absolute Gasteiger partial charge is 0.385 e. The minimum atomic E-state index is -0.326. The second-order valence-corrected chi connectivity index (χ2v) is 6.13. The molecular weight excluding hydrogens is 354 g/mol. The first-order valence-electron chi connectivity index (χ1n) is 7.84. The molecule has 0 spiro atoms. The first-order valence-corrected chi connectivity index (χ1v) is 8.63. The maximum Gasteiger partial charge on any atom is 0.176 e. The number of nitrogens with zero attached hydrogens (tertiary/aromatic N) is 2. The van der Waals surface area contributed by atoms with Crippen molar-refractivity contribution in [3.63, 3.8) is 0 Å². The highest BCUT2D eigenvalue weighted by molar-refractivity contribution is 7.80. The monoisotopic (exact) mass is 371 g/mol. The number of halogens is 1. The maximum absolute atomic E-state index is 8.90. The molecule has 128 valence electrons. The lowest BCUT2D eigenvalue weighted by atomic mass is 10.1. The van der Waals surface area contributed by atoms with E-state index in [9.17, 15) is 0 Å². The predicted molar refractivity (Wildman–Crippen MR) is 105 cm³/mol. The number of hydrogen-bond acceptors (Lipinski definition) is 4. The summed E-state index contributed by atoms with van der Waals surface area (Å²) in [4.78, 5) is 6.07. The number of oxime groups is 1. The molecule has 25 heavy (non-hydrogen) atoms. The average molecular weight is 372 g/mol. The van der Waals surface area contributed by atoms with Gasteiger partial charge in [-0.15, -0.1) is 0 Å². The van der Waals surface area contributed by atoms with Crippen LogP contribution in [0.15, 0.2) is 53.7 Å². The van der Waals surface area contributed by atoms with Crippen LogP contribution in [0.5, 0.6) is 0 Å². The molecule has 2 rings (SSSR count). The van der Waals surface area contributed by atoms with Gasteiger partial charge >= 0.3 is 0 Å². The molecule has 0 fully saturated rings. The molecule has 0 saturated heterocycles. The second kappa shape index (κ2) is 9.77.